The van der Waals surface area contributed by atoms with Gasteiger partial charge in [-0.15, -0.1) is 11.3 Å². The second-order valence-corrected chi connectivity index (χ2v) is 8.84. The fraction of sp³-hybridized carbons (Fsp3) is 0.778. The summed E-state index contributed by atoms with van der Waals surface area (Å²) in [5.74, 6) is 0.583. The second kappa shape index (κ2) is 7.00. The van der Waals surface area contributed by atoms with Crippen molar-refractivity contribution in [1.29, 1.82) is 0 Å². The van der Waals surface area contributed by atoms with Crippen LogP contribution in [0.1, 0.15) is 54.5 Å². The zero-order valence-corrected chi connectivity index (χ0v) is 15.4. The van der Waals surface area contributed by atoms with Crippen LogP contribution >= 0.6 is 11.3 Å². The first-order valence-electron chi connectivity index (χ1n) is 9.42. The van der Waals surface area contributed by atoms with Gasteiger partial charge in [-0.05, 0) is 64.5 Å². The third-order valence-electron chi connectivity index (χ3n) is 5.58. The average molecular weight is 349 g/mol. The molecular weight excluding hydrogens is 320 g/mol. The van der Waals surface area contributed by atoms with Gasteiger partial charge in [0.25, 0.3) is 0 Å². The fourth-order valence-corrected chi connectivity index (χ4v) is 5.02. The number of aromatic nitrogens is 1. The molecule has 1 aromatic rings. The minimum atomic E-state index is 0.115. The number of thiazole rings is 1. The molecule has 3 aliphatic rings. The molecule has 24 heavy (non-hydrogen) atoms. The smallest absolute Gasteiger partial charge is 0.318 e. The quantitative estimate of drug-likeness (QED) is 0.889. The Bertz CT molecular complexity index is 579. The number of urea groups is 1. The highest BCUT2D eigenvalue weighted by Gasteiger charge is 2.38. The van der Waals surface area contributed by atoms with Gasteiger partial charge in [-0.25, -0.2) is 9.78 Å². The molecule has 3 fully saturated rings. The number of amides is 2. The summed E-state index contributed by atoms with van der Waals surface area (Å²) in [4.78, 5) is 23.3. The molecule has 6 heteroatoms. The van der Waals surface area contributed by atoms with Crippen molar-refractivity contribution in [3.63, 3.8) is 0 Å². The van der Waals surface area contributed by atoms with Gasteiger partial charge >= 0.3 is 6.03 Å². The Morgan fingerprint density at radius 1 is 1.29 bits per heavy atom. The Labute approximate surface area is 148 Å². The fourth-order valence-electron chi connectivity index (χ4n) is 4.10. The molecule has 2 aliphatic heterocycles. The lowest BCUT2D eigenvalue weighted by Crippen LogP contribution is -2.48. The van der Waals surface area contributed by atoms with Crippen molar-refractivity contribution >= 4 is 17.4 Å². The van der Waals surface area contributed by atoms with Crippen molar-refractivity contribution in [2.75, 3.05) is 26.2 Å². The Hall–Kier alpha value is -1.14. The van der Waals surface area contributed by atoms with Crippen molar-refractivity contribution in [3.05, 3.63) is 16.1 Å². The van der Waals surface area contributed by atoms with Gasteiger partial charge in [-0.2, -0.15) is 0 Å². The van der Waals surface area contributed by atoms with E-state index in [0.717, 1.165) is 30.9 Å². The summed E-state index contributed by atoms with van der Waals surface area (Å²) in [5, 5.41) is 4.40. The molecule has 2 amide bonds. The van der Waals surface area contributed by atoms with Gasteiger partial charge in [0.05, 0.1) is 6.04 Å². The Kier molecular flexibility index (Phi) is 4.77. The molecule has 2 saturated heterocycles. The molecule has 1 aliphatic carbocycles. The lowest BCUT2D eigenvalue weighted by molar-refractivity contribution is 0.170. The summed E-state index contributed by atoms with van der Waals surface area (Å²) < 4.78 is 0. The largest absolute Gasteiger partial charge is 0.328 e. The summed E-state index contributed by atoms with van der Waals surface area (Å²) in [5.41, 5.74) is 0. The Morgan fingerprint density at radius 3 is 2.75 bits per heavy atom. The summed E-state index contributed by atoms with van der Waals surface area (Å²) in [6.45, 7) is 6.44. The van der Waals surface area contributed by atoms with Crippen molar-refractivity contribution < 1.29 is 4.79 Å². The number of aryl methyl sites for hydroxylation is 1. The summed E-state index contributed by atoms with van der Waals surface area (Å²) in [7, 11) is 0. The molecule has 0 radical (unpaired) electrons. The molecular formula is C18H28N4OS. The van der Waals surface area contributed by atoms with Crippen LogP contribution in [0.5, 0.6) is 0 Å². The maximum atomic E-state index is 12.9. The molecule has 1 N–H and O–H groups in total. The molecule has 1 aromatic heterocycles. The van der Waals surface area contributed by atoms with Gasteiger partial charge < -0.3 is 15.1 Å². The molecule has 0 unspecified atom stereocenters. The molecule has 5 nitrogen and oxygen atoms in total. The van der Waals surface area contributed by atoms with Crippen molar-refractivity contribution in [3.8, 4) is 0 Å². The normalized spacial score (nSPS) is 26.0. The standard InChI is InChI=1S/C18H28N4OS/c1-13-11-19-17(24-13)16(14-6-7-14)20-18(23)22-10-4-5-15(22)12-21-8-2-3-9-21/h11,14-16H,2-10,12H2,1H3,(H,20,23)/t15-,16+/m0/s1. The van der Waals surface area contributed by atoms with E-state index in [4.69, 9.17) is 0 Å². The predicted molar refractivity (Wildman–Crippen MR) is 96.2 cm³/mol. The zero-order valence-electron chi connectivity index (χ0n) is 14.5. The number of rotatable bonds is 5. The van der Waals surface area contributed by atoms with E-state index in [1.54, 1.807) is 11.3 Å². The van der Waals surface area contributed by atoms with Crippen molar-refractivity contribution in [2.45, 2.75) is 57.5 Å². The predicted octanol–water partition coefficient (Wildman–Crippen LogP) is 3.17. The first-order chi connectivity index (χ1) is 11.7. The third kappa shape index (κ3) is 3.59. The van der Waals surface area contributed by atoms with Crippen molar-refractivity contribution in [2.24, 2.45) is 5.92 Å². The third-order valence-corrected chi connectivity index (χ3v) is 6.58. The van der Waals surface area contributed by atoms with Crippen LogP contribution in [0.3, 0.4) is 0 Å². The maximum Gasteiger partial charge on any atom is 0.318 e. The average Bonchev–Trinajstić information content (AvgIpc) is 2.96. The van der Waals surface area contributed by atoms with Gasteiger partial charge in [0.1, 0.15) is 5.01 Å². The van der Waals surface area contributed by atoms with Gasteiger partial charge in [0.2, 0.25) is 0 Å². The van der Waals surface area contributed by atoms with Crippen LogP contribution in [-0.2, 0) is 0 Å². The first-order valence-corrected chi connectivity index (χ1v) is 10.2. The van der Waals surface area contributed by atoms with E-state index in [9.17, 15) is 4.79 Å². The van der Waals surface area contributed by atoms with Crippen LogP contribution in [0, 0.1) is 12.8 Å². The summed E-state index contributed by atoms with van der Waals surface area (Å²) in [6.07, 6.45) is 9.25. The second-order valence-electron chi connectivity index (χ2n) is 7.57. The summed E-state index contributed by atoms with van der Waals surface area (Å²) in [6, 6.07) is 0.631. The number of hydrogen-bond donors (Lipinski definition) is 1. The van der Waals surface area contributed by atoms with E-state index in [1.807, 2.05) is 6.20 Å². The van der Waals surface area contributed by atoms with Gasteiger partial charge in [-0.3, -0.25) is 0 Å². The van der Waals surface area contributed by atoms with E-state index in [2.05, 4.69) is 27.0 Å². The number of hydrogen-bond acceptors (Lipinski definition) is 4. The van der Waals surface area contributed by atoms with E-state index < -0.39 is 0 Å². The molecule has 0 spiro atoms. The molecule has 4 rings (SSSR count). The Morgan fingerprint density at radius 2 is 2.08 bits per heavy atom. The lowest BCUT2D eigenvalue weighted by atomic mass is 10.2. The molecule has 132 valence electrons. The topological polar surface area (TPSA) is 48.5 Å². The molecule has 0 bridgehead atoms. The number of carbonyl (C=O) groups excluding carboxylic acids is 1. The monoisotopic (exact) mass is 348 g/mol. The highest BCUT2D eigenvalue weighted by molar-refractivity contribution is 7.11. The highest BCUT2D eigenvalue weighted by Crippen LogP contribution is 2.42. The van der Waals surface area contributed by atoms with E-state index in [0.29, 0.717) is 12.0 Å². The number of carbonyl (C=O) groups is 1. The minimum absolute atomic E-state index is 0.115. The maximum absolute atomic E-state index is 12.9. The highest BCUT2D eigenvalue weighted by atomic mass is 32.1. The number of nitrogens with one attached hydrogen (secondary N) is 1. The first kappa shape index (κ1) is 16.3. The zero-order chi connectivity index (χ0) is 16.5. The Balaban J connectivity index is 1.40. The van der Waals surface area contributed by atoms with Gasteiger partial charge in [0.15, 0.2) is 0 Å². The van der Waals surface area contributed by atoms with Crippen LogP contribution in [0.25, 0.3) is 0 Å². The van der Waals surface area contributed by atoms with E-state index in [-0.39, 0.29) is 12.1 Å². The SMILES string of the molecule is Cc1cnc([C@H](NC(=O)N2CCC[C@H]2CN2CCCC2)C2CC2)s1. The van der Waals surface area contributed by atoms with Gasteiger partial charge in [0, 0.05) is 30.2 Å². The number of likely N-dealkylation sites (tertiary alicyclic amines) is 2. The molecule has 1 saturated carbocycles. The van der Waals surface area contributed by atoms with Crippen LogP contribution in [0.4, 0.5) is 4.79 Å². The number of nitrogens with zero attached hydrogens (tertiary/aromatic N) is 3. The lowest BCUT2D eigenvalue weighted by Gasteiger charge is -2.30. The van der Waals surface area contributed by atoms with Crippen LogP contribution < -0.4 is 5.32 Å². The molecule has 2 atom stereocenters. The van der Waals surface area contributed by atoms with E-state index in [1.165, 1.54) is 43.6 Å². The van der Waals surface area contributed by atoms with E-state index >= 15 is 0 Å². The summed E-state index contributed by atoms with van der Waals surface area (Å²) >= 11 is 1.72. The van der Waals surface area contributed by atoms with Gasteiger partial charge in [-0.1, -0.05) is 0 Å². The van der Waals surface area contributed by atoms with Crippen LogP contribution in [0.15, 0.2) is 6.20 Å². The van der Waals surface area contributed by atoms with Crippen molar-refractivity contribution in [1.82, 2.24) is 20.1 Å². The van der Waals surface area contributed by atoms with Crippen LogP contribution in [0.2, 0.25) is 0 Å². The minimum Gasteiger partial charge on any atom is -0.328 e. The van der Waals surface area contributed by atoms with Crippen LogP contribution in [-0.4, -0.2) is 53.0 Å². The molecule has 3 heterocycles. The molecule has 0 aromatic carbocycles.